The Morgan fingerprint density at radius 2 is 1.70 bits per heavy atom. The molecular weight excluding hydrogens is 695 g/mol. The van der Waals surface area contributed by atoms with Gasteiger partial charge in [-0.3, -0.25) is 19.2 Å². The molecule has 3 aliphatic carbocycles. The number of nitrogens with one attached hydrogen (secondary N) is 4. The molecule has 1 aliphatic heterocycles. The number of likely N-dealkylation sites (tertiary alicyclic amines) is 1. The van der Waals surface area contributed by atoms with Gasteiger partial charge >= 0.3 is 6.03 Å². The largest absolute Gasteiger partial charge is 0.346 e. The number of urea groups is 1. The molecule has 4 aliphatic rings. The van der Waals surface area contributed by atoms with Crippen LogP contribution in [-0.4, -0.2) is 90.1 Å². The Morgan fingerprint density at radius 1 is 1.04 bits per heavy atom. The molecule has 2 saturated carbocycles. The lowest BCUT2D eigenvalue weighted by molar-refractivity contribution is -0.143. The van der Waals surface area contributed by atoms with E-state index in [0.29, 0.717) is 19.4 Å². The van der Waals surface area contributed by atoms with Gasteiger partial charge < -0.3 is 26.2 Å². The number of carbonyl (C=O) groups is 5. The summed E-state index contributed by atoms with van der Waals surface area (Å²) in [5.41, 5.74) is -0.486. The highest BCUT2D eigenvalue weighted by Crippen LogP contribution is 2.65. The van der Waals surface area contributed by atoms with Gasteiger partial charge in [0.05, 0.1) is 22.1 Å². The van der Waals surface area contributed by atoms with Crippen LogP contribution in [0.3, 0.4) is 0 Å². The lowest BCUT2D eigenvalue weighted by Gasteiger charge is -2.48. The third-order valence-corrected chi connectivity index (χ3v) is 15.6. The average Bonchev–Trinajstić information content (AvgIpc) is 3.39. The van der Waals surface area contributed by atoms with Crippen LogP contribution in [0.15, 0.2) is 24.3 Å². The zero-order chi connectivity index (χ0) is 39.5. The molecule has 298 valence electrons. The monoisotopic (exact) mass is 759 g/mol. The first-order valence-corrected chi connectivity index (χ1v) is 21.4. The topological polar surface area (TPSA) is 171 Å². The van der Waals surface area contributed by atoms with Crippen molar-refractivity contribution in [1.29, 1.82) is 0 Å². The summed E-state index contributed by atoms with van der Waals surface area (Å²) in [5.74, 6) is -3.01. The molecular formula is C40H65N5O7S. The molecule has 53 heavy (non-hydrogen) atoms. The van der Waals surface area contributed by atoms with E-state index in [0.717, 1.165) is 50.5 Å². The highest BCUT2D eigenvalue weighted by atomic mass is 32.2. The van der Waals surface area contributed by atoms with Crippen molar-refractivity contribution in [1.82, 2.24) is 26.2 Å². The van der Waals surface area contributed by atoms with E-state index in [4.69, 9.17) is 0 Å². The number of piperidine rings is 1. The van der Waals surface area contributed by atoms with E-state index >= 15 is 0 Å². The minimum absolute atomic E-state index is 0.0486. The molecule has 0 aromatic heterocycles. The van der Waals surface area contributed by atoms with Gasteiger partial charge in [0.1, 0.15) is 12.1 Å². The second-order valence-electron chi connectivity index (χ2n) is 17.7. The molecule has 0 aromatic carbocycles. The molecule has 0 spiro atoms. The van der Waals surface area contributed by atoms with Gasteiger partial charge in [-0.2, -0.15) is 0 Å². The number of Topliss-reactive ketones (excluding diaryl/α,β-unsaturated/α-hetero) is 1. The third-order valence-electron chi connectivity index (χ3n) is 12.8. The Hall–Kier alpha value is -3.22. The fraction of sp³-hybridized carbons (Fsp3) is 0.775. The van der Waals surface area contributed by atoms with E-state index in [2.05, 4.69) is 41.7 Å². The highest BCUT2D eigenvalue weighted by molar-refractivity contribution is 7.92. The van der Waals surface area contributed by atoms with Gasteiger partial charge in [-0.05, 0) is 100 Å². The minimum Gasteiger partial charge on any atom is -0.346 e. The lowest BCUT2D eigenvalue weighted by atomic mass is 9.68. The molecule has 3 fully saturated rings. The number of carbonyl (C=O) groups excluding carboxylic acids is 5. The van der Waals surface area contributed by atoms with Crippen molar-refractivity contribution in [2.75, 3.05) is 18.8 Å². The molecule has 4 N–H and O–H groups in total. The first-order chi connectivity index (χ1) is 24.7. The Kier molecular flexibility index (Phi) is 13.4. The molecule has 1 unspecified atom stereocenters. The van der Waals surface area contributed by atoms with Crippen LogP contribution in [0.2, 0.25) is 0 Å². The number of hydrogen-bond acceptors (Lipinski definition) is 7. The van der Waals surface area contributed by atoms with Gasteiger partial charge in [0.2, 0.25) is 17.6 Å². The first kappa shape index (κ1) is 42.5. The standard InChI is InChI=1S/C40H65N5O7S/c1-10-12-21-29(33(46)35(48)41-22-11-2)42-34(47)32-30-28(39(30,8)9)23-45(32)36(49)31(27-19-14-13-15-20-27)43-37(50)44-40(24-53(51,52)38(5,6)7)25(3)17-16-18-26(40)4/h11,19,25-26,28-32H,2,10,12-18,20-24H2,1,3-9H3,(H,41,48)(H,42,47)(H2,43,44,50)/t25-,26+,28-,29?,30-,31-,32-,40+/m0/s1. The van der Waals surface area contributed by atoms with Crippen molar-refractivity contribution in [2.45, 2.75) is 148 Å². The Bertz CT molecular complexity index is 1550. The number of ketones is 1. The van der Waals surface area contributed by atoms with Gasteiger partial charge in [0.15, 0.2) is 9.84 Å². The fourth-order valence-electron chi connectivity index (χ4n) is 8.97. The van der Waals surface area contributed by atoms with Crippen molar-refractivity contribution in [3.05, 3.63) is 24.3 Å². The second kappa shape index (κ2) is 16.7. The summed E-state index contributed by atoms with van der Waals surface area (Å²) in [6.07, 6.45) is 10.7. The van der Waals surface area contributed by atoms with Crippen LogP contribution in [-0.2, 0) is 29.0 Å². The highest BCUT2D eigenvalue weighted by Gasteiger charge is 2.69. The van der Waals surface area contributed by atoms with E-state index in [1.54, 1.807) is 25.7 Å². The average molecular weight is 760 g/mol. The molecule has 8 atom stereocenters. The summed E-state index contributed by atoms with van der Waals surface area (Å²) >= 11 is 0. The zero-order valence-electron chi connectivity index (χ0n) is 33.3. The molecule has 0 radical (unpaired) electrons. The number of allylic oxidation sites excluding steroid dienone is 1. The number of hydrogen-bond donors (Lipinski definition) is 4. The van der Waals surface area contributed by atoms with Gasteiger partial charge in [0.25, 0.3) is 5.91 Å². The van der Waals surface area contributed by atoms with Crippen LogP contribution < -0.4 is 21.3 Å². The van der Waals surface area contributed by atoms with E-state index in [1.807, 2.05) is 26.8 Å². The number of sulfone groups is 1. The predicted molar refractivity (Wildman–Crippen MR) is 206 cm³/mol. The summed E-state index contributed by atoms with van der Waals surface area (Å²) in [5, 5.41) is 11.5. The number of unbranched alkanes of at least 4 members (excludes halogenated alkanes) is 1. The fourth-order valence-corrected chi connectivity index (χ4v) is 10.7. The van der Waals surface area contributed by atoms with Crippen LogP contribution in [0, 0.1) is 29.1 Å². The number of amides is 5. The van der Waals surface area contributed by atoms with Crippen molar-refractivity contribution in [3.8, 4) is 0 Å². The Balaban J connectivity index is 1.63. The van der Waals surface area contributed by atoms with Crippen molar-refractivity contribution in [2.24, 2.45) is 29.1 Å². The Labute approximate surface area is 317 Å². The van der Waals surface area contributed by atoms with E-state index < -0.39 is 67.8 Å². The molecule has 0 bridgehead atoms. The maximum absolute atomic E-state index is 14.8. The summed E-state index contributed by atoms with van der Waals surface area (Å²) in [6.45, 7) is 19.1. The zero-order valence-corrected chi connectivity index (χ0v) is 34.1. The van der Waals surface area contributed by atoms with Crippen molar-refractivity contribution in [3.63, 3.8) is 0 Å². The minimum atomic E-state index is -3.63. The van der Waals surface area contributed by atoms with Gasteiger partial charge in [-0.25, -0.2) is 13.2 Å². The molecule has 1 heterocycles. The van der Waals surface area contributed by atoms with Gasteiger partial charge in [0, 0.05) is 13.1 Å². The first-order valence-electron chi connectivity index (χ1n) is 19.8. The smallest absolute Gasteiger partial charge is 0.316 e. The molecule has 4 rings (SSSR count). The maximum Gasteiger partial charge on any atom is 0.316 e. The second-order valence-corrected chi connectivity index (χ2v) is 20.4. The number of rotatable bonds is 15. The summed E-state index contributed by atoms with van der Waals surface area (Å²) < 4.78 is 26.3. The van der Waals surface area contributed by atoms with Crippen LogP contribution in [0.4, 0.5) is 4.79 Å². The lowest BCUT2D eigenvalue weighted by Crippen LogP contribution is -2.67. The molecule has 1 saturated heterocycles. The third kappa shape index (κ3) is 9.02. The van der Waals surface area contributed by atoms with Crippen molar-refractivity contribution >= 4 is 39.4 Å². The number of nitrogens with zero attached hydrogens (tertiary/aromatic N) is 1. The van der Waals surface area contributed by atoms with E-state index in [9.17, 15) is 32.4 Å². The van der Waals surface area contributed by atoms with Crippen LogP contribution >= 0.6 is 0 Å². The SMILES string of the molecule is C=CCNC(=O)C(=O)C(CCCC)NC(=O)[C@@H]1[C@@H]2[C@H](CN1C(=O)[C@@H](NC(=O)N[C@@]1(CS(=O)(=O)C(C)(C)C)[C@H](C)CCC[C@@H]1C)C1=CCCCC1)C2(C)C. The van der Waals surface area contributed by atoms with Gasteiger partial charge in [-0.1, -0.05) is 66.0 Å². The number of fused-ring (bicyclic) bond motifs is 1. The maximum atomic E-state index is 14.8. The summed E-state index contributed by atoms with van der Waals surface area (Å²) in [7, 11) is -3.63. The van der Waals surface area contributed by atoms with Crippen LogP contribution in [0.25, 0.3) is 0 Å². The van der Waals surface area contributed by atoms with E-state index in [-0.39, 0.29) is 47.8 Å². The molecule has 0 aromatic rings. The molecule has 12 nitrogen and oxygen atoms in total. The van der Waals surface area contributed by atoms with E-state index in [1.165, 1.54) is 6.08 Å². The van der Waals surface area contributed by atoms with Crippen LogP contribution in [0.1, 0.15) is 120 Å². The summed E-state index contributed by atoms with van der Waals surface area (Å²) in [6, 6.07) is -3.61. The van der Waals surface area contributed by atoms with Crippen molar-refractivity contribution < 1.29 is 32.4 Å². The molecule has 13 heteroatoms. The van der Waals surface area contributed by atoms with Gasteiger partial charge in [-0.15, -0.1) is 6.58 Å². The normalized spacial score (nSPS) is 29.1. The quantitative estimate of drug-likeness (QED) is 0.140. The van der Waals surface area contributed by atoms with Crippen LogP contribution in [0.5, 0.6) is 0 Å². The Morgan fingerprint density at radius 3 is 2.26 bits per heavy atom. The summed E-state index contributed by atoms with van der Waals surface area (Å²) in [4.78, 5) is 70.6. The molecule has 5 amide bonds. The predicted octanol–water partition coefficient (Wildman–Crippen LogP) is 4.59.